The number of nitrogens with zero attached hydrogens (tertiary/aromatic N) is 1. The molecule has 0 saturated heterocycles. The Bertz CT molecular complexity index is 564. The molecule has 0 bridgehead atoms. The summed E-state index contributed by atoms with van der Waals surface area (Å²) in [5.74, 6) is 0.228. The molecule has 14 heavy (non-hydrogen) atoms. The van der Waals surface area contributed by atoms with E-state index in [0.29, 0.717) is 10.9 Å². The van der Waals surface area contributed by atoms with Crippen LogP contribution in [0, 0.1) is 0 Å². The fourth-order valence-electron chi connectivity index (χ4n) is 1.21. The molecule has 0 aliphatic heterocycles. The molecule has 2 rings (SSSR count). The van der Waals surface area contributed by atoms with E-state index in [1.54, 1.807) is 6.07 Å². The summed E-state index contributed by atoms with van der Waals surface area (Å²) in [4.78, 5) is 17.3. The first kappa shape index (κ1) is 9.67. The number of halogens is 2. The summed E-state index contributed by atoms with van der Waals surface area (Å²) in [5, 5.41) is 0.714. The minimum absolute atomic E-state index is 0.228. The van der Waals surface area contributed by atoms with Crippen molar-refractivity contribution >= 4 is 48.6 Å². The molecule has 0 fully saturated rings. The maximum Gasteiger partial charge on any atom is 0.347 e. The van der Waals surface area contributed by atoms with Gasteiger partial charge in [-0.2, -0.15) is 4.98 Å². The first-order chi connectivity index (χ1) is 6.58. The molecule has 0 atom stereocenters. The van der Waals surface area contributed by atoms with E-state index in [9.17, 15) is 4.79 Å². The van der Waals surface area contributed by atoms with Crippen molar-refractivity contribution in [3.05, 3.63) is 31.6 Å². The van der Waals surface area contributed by atoms with E-state index in [2.05, 4.69) is 41.8 Å². The molecule has 0 aliphatic rings. The van der Waals surface area contributed by atoms with E-state index in [0.717, 1.165) is 8.95 Å². The van der Waals surface area contributed by atoms with Crippen molar-refractivity contribution in [3.63, 3.8) is 0 Å². The zero-order chi connectivity index (χ0) is 10.3. The quantitative estimate of drug-likeness (QED) is 0.780. The molecule has 0 spiro atoms. The third kappa shape index (κ3) is 1.55. The van der Waals surface area contributed by atoms with E-state index in [1.807, 2.05) is 6.07 Å². The van der Waals surface area contributed by atoms with E-state index in [4.69, 9.17) is 5.73 Å². The van der Waals surface area contributed by atoms with Gasteiger partial charge in [0.15, 0.2) is 0 Å². The van der Waals surface area contributed by atoms with E-state index < -0.39 is 5.69 Å². The Kier molecular flexibility index (Phi) is 2.32. The Labute approximate surface area is 95.8 Å². The highest BCUT2D eigenvalue weighted by atomic mass is 79.9. The van der Waals surface area contributed by atoms with Crippen LogP contribution in [0.4, 0.5) is 5.82 Å². The van der Waals surface area contributed by atoms with Gasteiger partial charge in [-0.15, -0.1) is 0 Å². The molecule has 1 aromatic heterocycles. The molecule has 1 aromatic carbocycles. The number of hydrogen-bond donors (Lipinski definition) is 2. The number of nitrogen functional groups attached to an aromatic ring is 1. The smallest absolute Gasteiger partial charge is 0.347 e. The standard InChI is InChI=1S/C8H5Br2N3O/c9-3-1-4-6(5(10)2-3)12-8(14)13-7(4)11/h1-2H,(H3,11,12,13,14). The average Bonchev–Trinajstić information content (AvgIpc) is 2.07. The lowest BCUT2D eigenvalue weighted by atomic mass is 10.2. The second-order valence-corrected chi connectivity index (χ2v) is 4.51. The Morgan fingerprint density at radius 1 is 1.36 bits per heavy atom. The number of rotatable bonds is 0. The molecule has 0 radical (unpaired) electrons. The highest BCUT2D eigenvalue weighted by Gasteiger charge is 2.06. The SMILES string of the molecule is Nc1nc(=O)[nH]c2c(Br)cc(Br)cc12. The van der Waals surface area contributed by atoms with Crippen molar-refractivity contribution in [3.8, 4) is 0 Å². The molecule has 0 saturated carbocycles. The van der Waals surface area contributed by atoms with Gasteiger partial charge in [0.25, 0.3) is 0 Å². The maximum absolute atomic E-state index is 11.1. The van der Waals surface area contributed by atoms with Gasteiger partial charge < -0.3 is 10.7 Å². The van der Waals surface area contributed by atoms with Gasteiger partial charge in [0.1, 0.15) is 5.82 Å². The Morgan fingerprint density at radius 3 is 2.79 bits per heavy atom. The second kappa shape index (κ2) is 3.36. The third-order valence-corrected chi connectivity index (χ3v) is 2.87. The van der Waals surface area contributed by atoms with Crippen LogP contribution in [-0.2, 0) is 0 Å². The molecule has 1 heterocycles. The molecule has 4 nitrogen and oxygen atoms in total. The number of benzene rings is 1. The summed E-state index contributed by atoms with van der Waals surface area (Å²) in [6.07, 6.45) is 0. The average molecular weight is 319 g/mol. The number of nitrogens with two attached hydrogens (primary N) is 1. The maximum atomic E-state index is 11.1. The largest absolute Gasteiger partial charge is 0.383 e. The molecule has 72 valence electrons. The second-order valence-electron chi connectivity index (χ2n) is 2.74. The molecule has 3 N–H and O–H groups in total. The molecule has 0 amide bonds. The Hall–Kier alpha value is -0.880. The first-order valence-corrected chi connectivity index (χ1v) is 5.31. The van der Waals surface area contributed by atoms with Crippen LogP contribution in [0.15, 0.2) is 25.9 Å². The van der Waals surface area contributed by atoms with E-state index in [-0.39, 0.29) is 5.82 Å². The molecule has 0 aliphatic carbocycles. The van der Waals surface area contributed by atoms with Gasteiger partial charge in [-0.25, -0.2) is 4.79 Å². The fraction of sp³-hybridized carbons (Fsp3) is 0. The number of H-pyrrole nitrogens is 1. The van der Waals surface area contributed by atoms with Gasteiger partial charge >= 0.3 is 5.69 Å². The van der Waals surface area contributed by atoms with Crippen LogP contribution in [0.1, 0.15) is 0 Å². The summed E-state index contributed by atoms with van der Waals surface area (Å²) in [6, 6.07) is 3.64. The monoisotopic (exact) mass is 317 g/mol. The molecular formula is C8H5Br2N3O. The van der Waals surface area contributed by atoms with Gasteiger partial charge in [-0.1, -0.05) is 15.9 Å². The van der Waals surface area contributed by atoms with Crippen LogP contribution in [0.25, 0.3) is 10.9 Å². The fourth-order valence-corrected chi connectivity index (χ4v) is 2.53. The highest BCUT2D eigenvalue weighted by Crippen LogP contribution is 2.28. The van der Waals surface area contributed by atoms with Crippen LogP contribution in [0.3, 0.4) is 0 Å². The van der Waals surface area contributed by atoms with Gasteiger partial charge in [-0.05, 0) is 28.1 Å². The normalized spacial score (nSPS) is 10.7. The molecule has 6 heteroatoms. The number of aromatic nitrogens is 2. The van der Waals surface area contributed by atoms with E-state index in [1.165, 1.54) is 0 Å². The highest BCUT2D eigenvalue weighted by molar-refractivity contribution is 9.11. The Morgan fingerprint density at radius 2 is 2.07 bits per heavy atom. The van der Waals surface area contributed by atoms with Crippen molar-refractivity contribution in [2.45, 2.75) is 0 Å². The number of anilines is 1. The predicted molar refractivity (Wildman–Crippen MR) is 62.2 cm³/mol. The van der Waals surface area contributed by atoms with Crippen LogP contribution in [-0.4, -0.2) is 9.97 Å². The van der Waals surface area contributed by atoms with Gasteiger partial charge in [0, 0.05) is 14.3 Å². The minimum atomic E-state index is -0.446. The number of aromatic amines is 1. The van der Waals surface area contributed by atoms with Crippen molar-refractivity contribution in [2.75, 3.05) is 5.73 Å². The molecule has 0 unspecified atom stereocenters. The van der Waals surface area contributed by atoms with Crippen LogP contribution < -0.4 is 11.4 Å². The molecular weight excluding hydrogens is 314 g/mol. The summed E-state index contributed by atoms with van der Waals surface area (Å²) in [5.41, 5.74) is 5.83. The van der Waals surface area contributed by atoms with Gasteiger partial charge in [-0.3, -0.25) is 0 Å². The summed E-state index contributed by atoms with van der Waals surface area (Å²) < 4.78 is 1.64. The topological polar surface area (TPSA) is 71.8 Å². The lowest BCUT2D eigenvalue weighted by Gasteiger charge is -2.03. The third-order valence-electron chi connectivity index (χ3n) is 1.78. The Balaban J connectivity index is 3.01. The number of nitrogens with one attached hydrogen (secondary N) is 1. The lowest BCUT2D eigenvalue weighted by molar-refractivity contribution is 1.12. The van der Waals surface area contributed by atoms with Gasteiger partial charge in [0.2, 0.25) is 0 Å². The number of hydrogen-bond acceptors (Lipinski definition) is 3. The van der Waals surface area contributed by atoms with Crippen LogP contribution in [0.5, 0.6) is 0 Å². The van der Waals surface area contributed by atoms with Crippen molar-refractivity contribution in [2.24, 2.45) is 0 Å². The summed E-state index contributed by atoms with van der Waals surface area (Å²) in [6.45, 7) is 0. The van der Waals surface area contributed by atoms with Crippen LogP contribution >= 0.6 is 31.9 Å². The zero-order valence-electron chi connectivity index (χ0n) is 6.84. The lowest BCUT2D eigenvalue weighted by Crippen LogP contribution is -2.12. The summed E-state index contributed by atoms with van der Waals surface area (Å²) >= 11 is 6.66. The predicted octanol–water partition coefficient (Wildman–Crippen LogP) is 2.03. The van der Waals surface area contributed by atoms with Crippen molar-refractivity contribution < 1.29 is 0 Å². The zero-order valence-corrected chi connectivity index (χ0v) is 10.0. The summed E-state index contributed by atoms with van der Waals surface area (Å²) in [7, 11) is 0. The molecule has 2 aromatic rings. The van der Waals surface area contributed by atoms with Crippen LogP contribution in [0.2, 0.25) is 0 Å². The van der Waals surface area contributed by atoms with Gasteiger partial charge in [0.05, 0.1) is 5.52 Å². The first-order valence-electron chi connectivity index (χ1n) is 3.72. The number of fused-ring (bicyclic) bond motifs is 1. The van der Waals surface area contributed by atoms with E-state index >= 15 is 0 Å². The minimum Gasteiger partial charge on any atom is -0.383 e. The van der Waals surface area contributed by atoms with Crippen molar-refractivity contribution in [1.29, 1.82) is 0 Å². The van der Waals surface area contributed by atoms with Crippen molar-refractivity contribution in [1.82, 2.24) is 9.97 Å².